The first-order valence-electron chi connectivity index (χ1n) is 4.46. The molecule has 1 rings (SSSR count). The number of carbonyl (C=O) groups excluding carboxylic acids is 1. The zero-order valence-electron chi connectivity index (χ0n) is 7.69. The minimum absolute atomic E-state index is 0.188. The summed E-state index contributed by atoms with van der Waals surface area (Å²) in [4.78, 5) is 21.1. The summed E-state index contributed by atoms with van der Waals surface area (Å²) in [6, 6.07) is -0.188. The first-order chi connectivity index (χ1) is 6.44. The second-order valence-electron chi connectivity index (χ2n) is 3.62. The molecular formula is C8H14N2O4. The van der Waals surface area contributed by atoms with E-state index in [1.807, 2.05) is 0 Å². The first-order valence-corrected chi connectivity index (χ1v) is 4.46. The Morgan fingerprint density at radius 3 is 2.21 bits per heavy atom. The third kappa shape index (κ3) is 2.35. The molecule has 6 heteroatoms. The van der Waals surface area contributed by atoms with Crippen LogP contribution in [0.5, 0.6) is 0 Å². The molecule has 0 aromatic carbocycles. The van der Waals surface area contributed by atoms with Crippen molar-refractivity contribution in [2.75, 3.05) is 0 Å². The van der Waals surface area contributed by atoms with Gasteiger partial charge in [0.15, 0.2) is 0 Å². The topological polar surface area (TPSA) is 113 Å². The average Bonchev–Trinajstić information content (AvgIpc) is 2.08. The van der Waals surface area contributed by atoms with Gasteiger partial charge in [-0.3, -0.25) is 4.79 Å². The van der Waals surface area contributed by atoms with Gasteiger partial charge in [-0.05, 0) is 25.7 Å². The Kier molecular flexibility index (Phi) is 2.95. The summed E-state index contributed by atoms with van der Waals surface area (Å²) in [5, 5.41) is 20.4. The molecule has 0 saturated heterocycles. The average molecular weight is 202 g/mol. The number of carbonyl (C=O) groups is 2. The van der Waals surface area contributed by atoms with Crippen molar-refractivity contribution in [3.63, 3.8) is 0 Å². The minimum atomic E-state index is -1.45. The normalized spacial score (nSPS) is 32.2. The quantitative estimate of drug-likeness (QED) is 0.479. The van der Waals surface area contributed by atoms with Gasteiger partial charge in [0, 0.05) is 6.04 Å². The van der Waals surface area contributed by atoms with Crippen LogP contribution in [0.15, 0.2) is 0 Å². The predicted molar refractivity (Wildman–Crippen MR) is 47.6 cm³/mol. The van der Waals surface area contributed by atoms with Gasteiger partial charge in [0.2, 0.25) is 5.91 Å². The Morgan fingerprint density at radius 2 is 1.86 bits per heavy atom. The van der Waals surface area contributed by atoms with Crippen LogP contribution in [0, 0.1) is 0 Å². The summed E-state index contributed by atoms with van der Waals surface area (Å²) in [6.45, 7) is 0. The lowest BCUT2D eigenvalue weighted by Gasteiger charge is -2.33. The lowest BCUT2D eigenvalue weighted by Crippen LogP contribution is -2.50. The van der Waals surface area contributed by atoms with Gasteiger partial charge in [-0.2, -0.15) is 0 Å². The van der Waals surface area contributed by atoms with Crippen molar-refractivity contribution in [1.29, 1.82) is 0 Å². The molecule has 0 unspecified atom stereocenters. The largest absolute Gasteiger partial charge is 0.465 e. The Bertz CT molecular complexity index is 246. The van der Waals surface area contributed by atoms with E-state index in [0.29, 0.717) is 12.8 Å². The lowest BCUT2D eigenvalue weighted by molar-refractivity contribution is -0.139. The second-order valence-corrected chi connectivity index (χ2v) is 3.62. The molecule has 0 heterocycles. The van der Waals surface area contributed by atoms with Crippen molar-refractivity contribution in [2.24, 2.45) is 5.73 Å². The van der Waals surface area contributed by atoms with E-state index in [9.17, 15) is 14.7 Å². The maximum atomic E-state index is 10.8. The molecule has 0 atom stereocenters. The van der Waals surface area contributed by atoms with Crippen LogP contribution in [0.4, 0.5) is 4.79 Å². The van der Waals surface area contributed by atoms with Crippen molar-refractivity contribution in [1.82, 2.24) is 5.32 Å². The predicted octanol–water partition coefficient (Wildman–Crippen LogP) is -0.587. The highest BCUT2D eigenvalue weighted by atomic mass is 16.4. The van der Waals surface area contributed by atoms with Gasteiger partial charge in [0.05, 0.1) is 0 Å². The Labute approximate surface area is 81.1 Å². The number of carboxylic acid groups (broad SMARTS) is 1. The van der Waals surface area contributed by atoms with E-state index < -0.39 is 17.6 Å². The Morgan fingerprint density at radius 1 is 1.36 bits per heavy atom. The molecule has 6 nitrogen and oxygen atoms in total. The molecule has 80 valence electrons. The molecule has 1 aliphatic rings. The van der Waals surface area contributed by atoms with Crippen LogP contribution in [-0.2, 0) is 4.79 Å². The van der Waals surface area contributed by atoms with Crippen LogP contribution >= 0.6 is 0 Å². The van der Waals surface area contributed by atoms with E-state index in [1.54, 1.807) is 0 Å². The van der Waals surface area contributed by atoms with E-state index in [4.69, 9.17) is 10.8 Å². The molecule has 0 aromatic rings. The smallest absolute Gasteiger partial charge is 0.404 e. The van der Waals surface area contributed by atoms with Crippen molar-refractivity contribution >= 4 is 12.0 Å². The number of nitrogens with one attached hydrogen (secondary N) is 1. The number of nitrogens with two attached hydrogens (primary N) is 1. The number of rotatable bonds is 2. The van der Waals surface area contributed by atoms with Crippen LogP contribution in [0.25, 0.3) is 0 Å². The van der Waals surface area contributed by atoms with E-state index in [1.165, 1.54) is 0 Å². The lowest BCUT2D eigenvalue weighted by atomic mass is 9.82. The van der Waals surface area contributed by atoms with E-state index in [0.717, 1.165) is 0 Å². The van der Waals surface area contributed by atoms with Crippen molar-refractivity contribution in [2.45, 2.75) is 37.3 Å². The number of hydrogen-bond donors (Lipinski definition) is 4. The molecule has 0 spiro atoms. The molecule has 5 N–H and O–H groups in total. The van der Waals surface area contributed by atoms with Crippen molar-refractivity contribution in [3.8, 4) is 0 Å². The molecule has 0 radical (unpaired) electrons. The Hall–Kier alpha value is -1.30. The van der Waals surface area contributed by atoms with Gasteiger partial charge in [-0.15, -0.1) is 0 Å². The SMILES string of the molecule is NC(=O)C1(O)CCC(NC(=O)O)CC1. The molecule has 1 aliphatic carbocycles. The highest BCUT2D eigenvalue weighted by Gasteiger charge is 2.38. The molecule has 0 aliphatic heterocycles. The molecular weight excluding hydrogens is 188 g/mol. The van der Waals surface area contributed by atoms with Gasteiger partial charge in [-0.1, -0.05) is 0 Å². The van der Waals surface area contributed by atoms with Crippen LogP contribution in [0.1, 0.15) is 25.7 Å². The van der Waals surface area contributed by atoms with Crippen LogP contribution in [0.3, 0.4) is 0 Å². The van der Waals surface area contributed by atoms with Gasteiger partial charge in [0.25, 0.3) is 0 Å². The van der Waals surface area contributed by atoms with Crippen molar-refractivity contribution < 1.29 is 19.8 Å². The maximum absolute atomic E-state index is 10.8. The van der Waals surface area contributed by atoms with Gasteiger partial charge >= 0.3 is 6.09 Å². The Balaban J connectivity index is 2.45. The van der Waals surface area contributed by atoms with Crippen LogP contribution in [0.2, 0.25) is 0 Å². The summed E-state index contributed by atoms with van der Waals surface area (Å²) in [5.74, 6) is -0.730. The van der Waals surface area contributed by atoms with Crippen LogP contribution in [-0.4, -0.2) is 33.9 Å². The summed E-state index contributed by atoms with van der Waals surface area (Å²) in [7, 11) is 0. The first kappa shape index (κ1) is 10.8. The second kappa shape index (κ2) is 3.83. The fraction of sp³-hybridized carbons (Fsp3) is 0.750. The number of hydrogen-bond acceptors (Lipinski definition) is 3. The zero-order valence-corrected chi connectivity index (χ0v) is 7.69. The third-order valence-corrected chi connectivity index (χ3v) is 2.60. The molecule has 14 heavy (non-hydrogen) atoms. The molecule has 1 saturated carbocycles. The van der Waals surface area contributed by atoms with E-state index in [-0.39, 0.29) is 18.9 Å². The summed E-state index contributed by atoms with van der Waals surface area (Å²) < 4.78 is 0. The molecule has 0 aromatic heterocycles. The van der Waals surface area contributed by atoms with Gasteiger partial charge < -0.3 is 21.3 Å². The molecule has 2 amide bonds. The summed E-state index contributed by atoms with van der Waals surface area (Å²) in [6.07, 6.45) is 0.220. The van der Waals surface area contributed by atoms with E-state index >= 15 is 0 Å². The highest BCUT2D eigenvalue weighted by Crippen LogP contribution is 2.27. The number of aliphatic hydroxyl groups is 1. The molecule has 0 bridgehead atoms. The summed E-state index contributed by atoms with van der Waals surface area (Å²) in [5.41, 5.74) is 3.57. The maximum Gasteiger partial charge on any atom is 0.404 e. The molecule has 1 fully saturated rings. The van der Waals surface area contributed by atoms with Crippen molar-refractivity contribution in [3.05, 3.63) is 0 Å². The fourth-order valence-electron chi connectivity index (χ4n) is 1.66. The van der Waals surface area contributed by atoms with Gasteiger partial charge in [-0.25, -0.2) is 4.79 Å². The monoisotopic (exact) mass is 202 g/mol. The highest BCUT2D eigenvalue weighted by molar-refractivity contribution is 5.83. The fourth-order valence-corrected chi connectivity index (χ4v) is 1.66. The summed E-state index contributed by atoms with van der Waals surface area (Å²) >= 11 is 0. The zero-order chi connectivity index (χ0) is 10.8. The number of amides is 2. The standard InChI is InChI=1S/C8H14N2O4/c9-6(11)8(14)3-1-5(2-4-8)10-7(12)13/h5,10,14H,1-4H2,(H2,9,11)(H,12,13). The van der Waals surface area contributed by atoms with Crippen LogP contribution < -0.4 is 11.1 Å². The minimum Gasteiger partial charge on any atom is -0.465 e. The van der Waals surface area contributed by atoms with Gasteiger partial charge in [0.1, 0.15) is 5.60 Å². The number of primary amides is 1. The van der Waals surface area contributed by atoms with E-state index in [2.05, 4.69) is 5.32 Å². The third-order valence-electron chi connectivity index (χ3n) is 2.60.